The van der Waals surface area contributed by atoms with E-state index in [0.717, 1.165) is 3.57 Å². The highest BCUT2D eigenvalue weighted by atomic mass is 127. The summed E-state index contributed by atoms with van der Waals surface area (Å²) in [5.41, 5.74) is 1.32. The monoisotopic (exact) mass is 587 g/mol. The van der Waals surface area contributed by atoms with E-state index < -0.39 is 24.3 Å². The minimum Gasteiger partial charge on any atom is -0.508 e. The van der Waals surface area contributed by atoms with Crippen molar-refractivity contribution in [2.24, 2.45) is 0 Å². The molecule has 0 unspecified atom stereocenters. The number of phenolic OH excluding ortho intramolecular Hbond substituents is 1. The van der Waals surface area contributed by atoms with Crippen molar-refractivity contribution >= 4 is 58.8 Å². The van der Waals surface area contributed by atoms with Gasteiger partial charge in [0, 0.05) is 33.4 Å². The van der Waals surface area contributed by atoms with E-state index in [0.29, 0.717) is 23.4 Å². The Balaban J connectivity index is 2.24. The highest BCUT2D eigenvalue weighted by molar-refractivity contribution is 14.1. The van der Waals surface area contributed by atoms with Crippen LogP contribution in [-0.4, -0.2) is 48.0 Å². The molecule has 8 nitrogen and oxygen atoms in total. The van der Waals surface area contributed by atoms with E-state index >= 15 is 0 Å². The molecule has 0 spiro atoms. The molecule has 0 bridgehead atoms. The molecule has 0 heterocycles. The summed E-state index contributed by atoms with van der Waals surface area (Å²) in [5.74, 6) is -0.677. The molecule has 2 N–H and O–H groups in total. The quantitative estimate of drug-likeness (QED) is 0.151. The van der Waals surface area contributed by atoms with Gasteiger partial charge in [-0.05, 0) is 78.9 Å². The number of carbonyl (C=O) groups is 3. The van der Waals surface area contributed by atoms with Gasteiger partial charge in [0.25, 0.3) is 0 Å². The van der Waals surface area contributed by atoms with Crippen molar-refractivity contribution in [2.45, 2.75) is 32.5 Å². The van der Waals surface area contributed by atoms with Crippen LogP contribution in [0.15, 0.2) is 42.5 Å². The van der Waals surface area contributed by atoms with Crippen LogP contribution in [0.2, 0.25) is 0 Å². The number of hydrogen-bond acceptors (Lipinski definition) is 8. The second-order valence-electron chi connectivity index (χ2n) is 6.95. The number of esters is 1. The Morgan fingerprint density at radius 2 is 1.85 bits per heavy atom. The summed E-state index contributed by atoms with van der Waals surface area (Å²) in [6.45, 7) is 3.58. The number of rotatable bonds is 11. The summed E-state index contributed by atoms with van der Waals surface area (Å²) in [4.78, 5) is 35.6. The predicted octanol–water partition coefficient (Wildman–Crippen LogP) is 4.76. The van der Waals surface area contributed by atoms with Gasteiger partial charge in [-0.25, -0.2) is 4.79 Å². The summed E-state index contributed by atoms with van der Waals surface area (Å²) in [6, 6.07) is 11.3. The number of ketones is 1. The topological polar surface area (TPSA) is 111 Å². The van der Waals surface area contributed by atoms with Gasteiger partial charge in [-0.15, -0.1) is 0 Å². The Labute approximate surface area is 211 Å². The van der Waals surface area contributed by atoms with E-state index in [1.54, 1.807) is 43.3 Å². The summed E-state index contributed by atoms with van der Waals surface area (Å²) < 4.78 is 17.4. The predicted molar refractivity (Wildman–Crippen MR) is 135 cm³/mol. The molecule has 2 rings (SSSR count). The zero-order chi connectivity index (χ0) is 24.4. The fourth-order valence-electron chi connectivity index (χ4n) is 3.01. The van der Waals surface area contributed by atoms with Crippen LogP contribution in [0.4, 0.5) is 10.5 Å². The van der Waals surface area contributed by atoms with Gasteiger partial charge in [-0.3, -0.25) is 14.9 Å². The molecular formula is C23H26INO7S. The lowest BCUT2D eigenvalue weighted by Gasteiger charge is -2.28. The average Bonchev–Trinajstić information content (AvgIpc) is 2.79. The van der Waals surface area contributed by atoms with Gasteiger partial charge in [0.15, 0.2) is 11.9 Å². The lowest BCUT2D eigenvalue weighted by Crippen LogP contribution is -2.30. The van der Waals surface area contributed by atoms with Gasteiger partial charge < -0.3 is 19.3 Å². The number of aromatic hydroxyl groups is 1. The second-order valence-corrected chi connectivity index (χ2v) is 8.51. The van der Waals surface area contributed by atoms with Crippen LogP contribution in [-0.2, 0) is 19.0 Å². The van der Waals surface area contributed by atoms with E-state index in [9.17, 15) is 19.5 Å². The molecule has 0 aliphatic rings. The van der Waals surface area contributed by atoms with Gasteiger partial charge in [0.2, 0.25) is 0 Å². The number of anilines is 1. The second kappa shape index (κ2) is 13.4. The fraction of sp³-hybridized carbons (Fsp3) is 0.348. The number of amides is 1. The average molecular weight is 587 g/mol. The highest BCUT2D eigenvalue weighted by Crippen LogP contribution is 2.34. The molecule has 0 saturated carbocycles. The zero-order valence-electron chi connectivity index (χ0n) is 18.2. The van der Waals surface area contributed by atoms with E-state index in [1.165, 1.54) is 13.0 Å². The molecule has 0 fully saturated rings. The van der Waals surface area contributed by atoms with E-state index in [4.69, 9.17) is 14.2 Å². The maximum atomic E-state index is 12.7. The van der Waals surface area contributed by atoms with Crippen molar-refractivity contribution in [1.82, 2.24) is 0 Å². The maximum Gasteiger partial charge on any atom is 0.412 e. The summed E-state index contributed by atoms with van der Waals surface area (Å²) in [6.07, 6.45) is -2.22. The zero-order valence-corrected chi connectivity index (χ0v) is 21.3. The maximum absolute atomic E-state index is 12.7. The molecule has 0 radical (unpaired) electrons. The third-order valence-electron chi connectivity index (χ3n) is 4.58. The molecule has 0 aliphatic heterocycles. The van der Waals surface area contributed by atoms with E-state index in [2.05, 4.69) is 40.5 Å². The number of carbonyl (C=O) groups excluding carboxylic acids is 3. The molecule has 33 heavy (non-hydrogen) atoms. The molecule has 1 amide bonds. The van der Waals surface area contributed by atoms with Crippen LogP contribution in [0.5, 0.6) is 5.75 Å². The Kier molecular flexibility index (Phi) is 10.9. The lowest BCUT2D eigenvalue weighted by atomic mass is 10.0. The van der Waals surface area contributed by atoms with Crippen LogP contribution in [0, 0.1) is 3.57 Å². The molecule has 178 valence electrons. The number of Topliss-reactive ketones (excluding diaryl/α,β-unsaturated/α-hetero) is 1. The van der Waals surface area contributed by atoms with Crippen molar-refractivity contribution in [1.29, 1.82) is 0 Å². The minimum absolute atomic E-state index is 0.0305. The molecule has 2 aromatic rings. The largest absolute Gasteiger partial charge is 0.508 e. The molecule has 0 aliphatic carbocycles. The molecule has 2 aromatic carbocycles. The number of phenols is 1. The van der Waals surface area contributed by atoms with Crippen molar-refractivity contribution in [3.05, 3.63) is 57.2 Å². The SMILES string of the molecule is CCO[C@H](CCOC(=O)CS)[C@H](OC(=O)Nc1ccc(C(C)=O)cc1)c1cc(I)ccc1O. The number of hydrogen-bond donors (Lipinski definition) is 3. The van der Waals surface area contributed by atoms with Crippen molar-refractivity contribution in [3.8, 4) is 5.75 Å². The number of thiol groups is 1. The summed E-state index contributed by atoms with van der Waals surface area (Å²) in [7, 11) is 0. The first-order valence-electron chi connectivity index (χ1n) is 10.2. The number of ether oxygens (including phenoxy) is 3. The molecule has 0 saturated heterocycles. The van der Waals surface area contributed by atoms with Crippen LogP contribution in [0.25, 0.3) is 0 Å². The normalized spacial score (nSPS) is 12.5. The van der Waals surface area contributed by atoms with Gasteiger partial charge in [0.05, 0.1) is 12.4 Å². The third kappa shape index (κ3) is 8.52. The molecule has 0 aromatic heterocycles. The fourth-order valence-corrected chi connectivity index (χ4v) is 3.62. The lowest BCUT2D eigenvalue weighted by molar-refractivity contribution is -0.142. The molecule has 10 heteroatoms. The van der Waals surface area contributed by atoms with Crippen molar-refractivity contribution < 1.29 is 33.7 Å². The van der Waals surface area contributed by atoms with Gasteiger partial charge in [-0.1, -0.05) is 0 Å². The Morgan fingerprint density at radius 1 is 1.15 bits per heavy atom. The smallest absolute Gasteiger partial charge is 0.412 e. The van der Waals surface area contributed by atoms with Crippen LogP contribution < -0.4 is 5.32 Å². The highest BCUT2D eigenvalue weighted by Gasteiger charge is 2.30. The Bertz CT molecular complexity index is 968. The van der Waals surface area contributed by atoms with Crippen LogP contribution in [0.1, 0.15) is 42.3 Å². The van der Waals surface area contributed by atoms with Crippen LogP contribution >= 0.6 is 35.2 Å². The van der Waals surface area contributed by atoms with Crippen LogP contribution in [0.3, 0.4) is 0 Å². The molecular weight excluding hydrogens is 561 g/mol. The third-order valence-corrected chi connectivity index (χ3v) is 5.51. The number of benzene rings is 2. The van der Waals surface area contributed by atoms with E-state index in [-0.39, 0.29) is 30.3 Å². The minimum atomic E-state index is -0.981. The van der Waals surface area contributed by atoms with Crippen molar-refractivity contribution in [2.75, 3.05) is 24.3 Å². The number of halogens is 1. The van der Waals surface area contributed by atoms with Gasteiger partial charge in [0.1, 0.15) is 11.9 Å². The Morgan fingerprint density at radius 3 is 2.45 bits per heavy atom. The Hall–Kier alpha value is -2.31. The first-order chi connectivity index (χ1) is 15.7. The first-order valence-corrected chi connectivity index (χ1v) is 11.9. The summed E-state index contributed by atoms with van der Waals surface area (Å²) in [5, 5.41) is 13.1. The standard InChI is InChI=1S/C23H26INO7S/c1-3-30-20(10-11-31-21(28)13-33)22(18-12-16(24)6-9-19(18)27)32-23(29)25-17-7-4-15(5-8-17)14(2)26/h4-9,12,20,22,27,33H,3,10-11,13H2,1-2H3,(H,25,29)/t20-,22-/m1/s1. The van der Waals surface area contributed by atoms with E-state index in [1.807, 2.05) is 0 Å². The molecule has 2 atom stereocenters. The number of nitrogens with one attached hydrogen (secondary N) is 1. The van der Waals surface area contributed by atoms with Crippen molar-refractivity contribution in [3.63, 3.8) is 0 Å². The van der Waals surface area contributed by atoms with Gasteiger partial charge in [-0.2, -0.15) is 12.6 Å². The summed E-state index contributed by atoms with van der Waals surface area (Å²) >= 11 is 5.97. The van der Waals surface area contributed by atoms with Gasteiger partial charge >= 0.3 is 12.1 Å². The first kappa shape index (κ1) is 26.9.